The lowest BCUT2D eigenvalue weighted by Gasteiger charge is -2.38. The van der Waals surface area contributed by atoms with Gasteiger partial charge < -0.3 is 4.90 Å². The van der Waals surface area contributed by atoms with Crippen molar-refractivity contribution in [2.24, 2.45) is 16.7 Å². The highest BCUT2D eigenvalue weighted by atomic mass is 15.3. The highest BCUT2D eigenvalue weighted by molar-refractivity contribution is 5.30. The van der Waals surface area contributed by atoms with Gasteiger partial charge in [0, 0.05) is 45.1 Å². The molecular weight excluding hydrogens is 272 g/mol. The van der Waals surface area contributed by atoms with Crippen molar-refractivity contribution in [1.29, 1.82) is 0 Å². The topological polar surface area (TPSA) is 32.3 Å². The third-order valence-electron chi connectivity index (χ3n) is 7.38. The summed E-state index contributed by atoms with van der Waals surface area (Å²) in [7, 11) is 0. The summed E-state index contributed by atoms with van der Waals surface area (Å²) >= 11 is 0. The molecule has 2 spiro atoms. The lowest BCUT2D eigenvalue weighted by Crippen LogP contribution is -2.48. The van der Waals surface area contributed by atoms with Gasteiger partial charge in [-0.2, -0.15) is 0 Å². The summed E-state index contributed by atoms with van der Waals surface area (Å²) in [4.78, 5) is 13.8. The van der Waals surface area contributed by atoms with Crippen LogP contribution in [0.3, 0.4) is 0 Å². The summed E-state index contributed by atoms with van der Waals surface area (Å²) < 4.78 is 0. The van der Waals surface area contributed by atoms with Crippen molar-refractivity contribution in [3.8, 4) is 0 Å². The standard InChI is InChI=1S/C18H26N4/c1-4-17(5-1)15(18(17)6-2-7-18)14-21-10-12-22(13-11-21)16-19-8-3-9-20-16/h3,8-9,15H,1-2,4-7,10-14H2. The molecule has 0 amide bonds. The minimum atomic E-state index is 0.810. The van der Waals surface area contributed by atoms with Crippen LogP contribution in [0.4, 0.5) is 5.95 Å². The first kappa shape index (κ1) is 13.3. The van der Waals surface area contributed by atoms with E-state index in [1.807, 2.05) is 18.5 Å². The molecule has 4 aliphatic rings. The molecule has 5 rings (SSSR count). The molecule has 1 aliphatic heterocycles. The van der Waals surface area contributed by atoms with E-state index in [0.717, 1.165) is 35.8 Å². The zero-order chi connectivity index (χ0) is 14.6. The number of hydrogen-bond donors (Lipinski definition) is 0. The summed E-state index contributed by atoms with van der Waals surface area (Å²) in [6.45, 7) is 5.89. The van der Waals surface area contributed by atoms with E-state index >= 15 is 0 Å². The van der Waals surface area contributed by atoms with Crippen molar-refractivity contribution >= 4 is 5.95 Å². The van der Waals surface area contributed by atoms with Crippen LogP contribution in [-0.2, 0) is 0 Å². The van der Waals surface area contributed by atoms with Crippen LogP contribution >= 0.6 is 0 Å². The Balaban J connectivity index is 1.20. The number of piperazine rings is 1. The smallest absolute Gasteiger partial charge is 0.225 e. The van der Waals surface area contributed by atoms with Gasteiger partial charge in [0.15, 0.2) is 0 Å². The molecule has 0 N–H and O–H groups in total. The van der Waals surface area contributed by atoms with E-state index in [4.69, 9.17) is 0 Å². The molecule has 3 saturated carbocycles. The second kappa shape index (κ2) is 4.67. The molecule has 0 aromatic carbocycles. The minimum Gasteiger partial charge on any atom is -0.338 e. The summed E-state index contributed by atoms with van der Waals surface area (Å²) in [5, 5.41) is 0. The Kier molecular flexibility index (Phi) is 2.82. The molecule has 0 radical (unpaired) electrons. The van der Waals surface area contributed by atoms with Crippen LogP contribution < -0.4 is 4.90 Å². The van der Waals surface area contributed by atoms with E-state index in [-0.39, 0.29) is 0 Å². The number of aromatic nitrogens is 2. The molecule has 22 heavy (non-hydrogen) atoms. The van der Waals surface area contributed by atoms with Crippen LogP contribution in [0.2, 0.25) is 0 Å². The van der Waals surface area contributed by atoms with E-state index < -0.39 is 0 Å². The van der Waals surface area contributed by atoms with Crippen LogP contribution in [-0.4, -0.2) is 47.6 Å². The normalized spacial score (nSPS) is 29.4. The highest BCUT2D eigenvalue weighted by Crippen LogP contribution is 2.84. The molecular formula is C18H26N4. The van der Waals surface area contributed by atoms with Crippen LogP contribution in [0.5, 0.6) is 0 Å². The van der Waals surface area contributed by atoms with Gasteiger partial charge in [-0.05, 0) is 48.5 Å². The monoisotopic (exact) mass is 298 g/mol. The fourth-order valence-corrected chi connectivity index (χ4v) is 5.84. The van der Waals surface area contributed by atoms with Crippen molar-refractivity contribution in [1.82, 2.24) is 14.9 Å². The summed E-state index contributed by atoms with van der Waals surface area (Å²) in [6, 6.07) is 1.89. The quantitative estimate of drug-likeness (QED) is 0.858. The van der Waals surface area contributed by atoms with Crippen molar-refractivity contribution in [3.63, 3.8) is 0 Å². The van der Waals surface area contributed by atoms with Gasteiger partial charge in [0.25, 0.3) is 0 Å². The molecule has 0 atom stereocenters. The van der Waals surface area contributed by atoms with Gasteiger partial charge in [-0.25, -0.2) is 9.97 Å². The number of rotatable bonds is 3. The maximum absolute atomic E-state index is 4.39. The van der Waals surface area contributed by atoms with E-state index in [1.54, 1.807) is 0 Å². The first-order valence-electron chi connectivity index (χ1n) is 9.08. The van der Waals surface area contributed by atoms with Crippen LogP contribution in [0.1, 0.15) is 38.5 Å². The van der Waals surface area contributed by atoms with Gasteiger partial charge in [-0.3, -0.25) is 4.90 Å². The second-order valence-electron chi connectivity index (χ2n) is 7.91. The van der Waals surface area contributed by atoms with Crippen molar-refractivity contribution in [3.05, 3.63) is 18.5 Å². The van der Waals surface area contributed by atoms with Crippen molar-refractivity contribution < 1.29 is 0 Å². The van der Waals surface area contributed by atoms with Crippen LogP contribution in [0.15, 0.2) is 18.5 Å². The molecule has 1 aromatic heterocycles. The number of nitrogens with zero attached hydrogens (tertiary/aromatic N) is 4. The lowest BCUT2D eigenvalue weighted by molar-refractivity contribution is 0.129. The fraction of sp³-hybridized carbons (Fsp3) is 0.778. The molecule has 0 unspecified atom stereocenters. The molecule has 1 aromatic rings. The van der Waals surface area contributed by atoms with Crippen molar-refractivity contribution in [2.75, 3.05) is 37.6 Å². The first-order valence-corrected chi connectivity index (χ1v) is 9.08. The highest BCUT2D eigenvalue weighted by Gasteiger charge is 2.78. The van der Waals surface area contributed by atoms with Crippen LogP contribution in [0.25, 0.3) is 0 Å². The third kappa shape index (κ3) is 1.67. The Morgan fingerprint density at radius 2 is 1.50 bits per heavy atom. The van der Waals surface area contributed by atoms with E-state index in [2.05, 4.69) is 19.8 Å². The Hall–Kier alpha value is -1.16. The first-order chi connectivity index (χ1) is 10.8. The zero-order valence-electron chi connectivity index (χ0n) is 13.4. The molecule has 4 heteroatoms. The Labute approximate surface area is 132 Å². The van der Waals surface area contributed by atoms with Gasteiger partial charge in [0.05, 0.1) is 0 Å². The molecule has 2 heterocycles. The summed E-state index contributed by atoms with van der Waals surface area (Å²) in [5.41, 5.74) is 1.62. The third-order valence-corrected chi connectivity index (χ3v) is 7.38. The molecule has 118 valence electrons. The molecule has 3 aliphatic carbocycles. The maximum Gasteiger partial charge on any atom is 0.225 e. The van der Waals surface area contributed by atoms with Gasteiger partial charge >= 0.3 is 0 Å². The predicted molar refractivity (Wildman–Crippen MR) is 86.7 cm³/mol. The fourth-order valence-electron chi connectivity index (χ4n) is 5.84. The van der Waals surface area contributed by atoms with Gasteiger partial charge in [0.2, 0.25) is 5.95 Å². The second-order valence-corrected chi connectivity index (χ2v) is 7.91. The summed E-state index contributed by atoms with van der Waals surface area (Å²) in [5.74, 6) is 1.93. The molecule has 4 nitrogen and oxygen atoms in total. The van der Waals surface area contributed by atoms with Crippen molar-refractivity contribution in [2.45, 2.75) is 38.5 Å². The number of fused-ring (bicyclic) bond motifs is 1. The van der Waals surface area contributed by atoms with E-state index in [0.29, 0.717) is 0 Å². The lowest BCUT2D eigenvalue weighted by atomic mass is 9.67. The maximum atomic E-state index is 4.39. The van der Waals surface area contributed by atoms with Gasteiger partial charge in [-0.1, -0.05) is 12.8 Å². The average Bonchev–Trinajstić information content (AvgIpc) is 3.13. The molecule has 1 saturated heterocycles. The number of anilines is 1. The van der Waals surface area contributed by atoms with E-state index in [9.17, 15) is 0 Å². The summed E-state index contributed by atoms with van der Waals surface area (Å²) in [6.07, 6.45) is 12.8. The zero-order valence-corrected chi connectivity index (χ0v) is 13.4. The molecule has 0 bridgehead atoms. The molecule has 4 fully saturated rings. The van der Waals surface area contributed by atoms with Gasteiger partial charge in [-0.15, -0.1) is 0 Å². The Bertz CT molecular complexity index is 521. The minimum absolute atomic E-state index is 0.810. The van der Waals surface area contributed by atoms with Gasteiger partial charge in [0.1, 0.15) is 0 Å². The SMILES string of the molecule is c1cnc(N2CCN(CC3C4(CCC4)C34CCC4)CC2)nc1. The number of hydrogen-bond acceptors (Lipinski definition) is 4. The van der Waals surface area contributed by atoms with Crippen LogP contribution in [0, 0.1) is 16.7 Å². The largest absolute Gasteiger partial charge is 0.338 e. The Morgan fingerprint density at radius 3 is 2.00 bits per heavy atom. The average molecular weight is 298 g/mol. The van der Waals surface area contributed by atoms with E-state index in [1.165, 1.54) is 58.2 Å². The predicted octanol–water partition coefficient (Wildman–Crippen LogP) is 2.57. The Morgan fingerprint density at radius 1 is 0.909 bits per heavy atom.